The molecule has 1 aromatic rings. The number of Topliss-reactive ketones (excluding diaryl/α,β-unsaturated/α-hetero) is 1. The first-order valence-corrected chi connectivity index (χ1v) is 13.0. The van der Waals surface area contributed by atoms with Crippen LogP contribution in [0.3, 0.4) is 0 Å². The Bertz CT molecular complexity index is 1040. The fourth-order valence-corrected chi connectivity index (χ4v) is 8.41. The second-order valence-corrected chi connectivity index (χ2v) is 11.3. The number of hydrogen-bond acceptors (Lipinski definition) is 4. The van der Waals surface area contributed by atoms with Gasteiger partial charge in [-0.15, -0.1) is 0 Å². The van der Waals surface area contributed by atoms with Crippen molar-refractivity contribution < 1.29 is 14.3 Å². The summed E-state index contributed by atoms with van der Waals surface area (Å²) in [5.41, 5.74) is 6.27. The third-order valence-electron chi connectivity index (χ3n) is 9.41. The molecule has 0 bridgehead atoms. The topological polar surface area (TPSA) is 59.4 Å². The third kappa shape index (κ3) is 3.37. The lowest BCUT2D eigenvalue weighted by atomic mass is 9.51. The van der Waals surface area contributed by atoms with E-state index in [9.17, 15) is 4.79 Å². The van der Waals surface area contributed by atoms with E-state index in [0.717, 1.165) is 48.6 Å². The Morgan fingerprint density at radius 2 is 1.88 bits per heavy atom. The summed E-state index contributed by atoms with van der Waals surface area (Å²) in [4.78, 5) is 12.5. The summed E-state index contributed by atoms with van der Waals surface area (Å²) in [7, 11) is 3.65. The first-order chi connectivity index (χ1) is 15.9. The first kappa shape index (κ1) is 23.2. The van der Waals surface area contributed by atoms with Gasteiger partial charge in [0.1, 0.15) is 0 Å². The van der Waals surface area contributed by atoms with Crippen LogP contribution in [0.4, 0.5) is 0 Å². The zero-order valence-corrected chi connectivity index (χ0v) is 21.5. The molecule has 0 heterocycles. The highest BCUT2D eigenvalue weighted by Gasteiger charge is 2.63. The molecule has 2 fully saturated rings. The average molecular weight is 512 g/mol. The molecule has 4 aliphatic rings. The number of carbonyl (C=O) groups is 1. The quantitative estimate of drug-likeness (QED) is 0.469. The molecule has 33 heavy (non-hydrogen) atoms. The molecule has 0 aliphatic heterocycles. The monoisotopic (exact) mass is 511 g/mol. The molecule has 5 atom stereocenters. The minimum atomic E-state index is -0.269. The summed E-state index contributed by atoms with van der Waals surface area (Å²) >= 11 is 3.66. The standard InChI is InChI=1S/C28H34BrNO3/c1-27-14-22(18-6-4-17(15-30)5-7-18)25-19-10-11-24(31)26(29)20(19)8-9-21(25)23(27)12-13-28(27,33-3)16-32-2/h4-7,15,21-23,30H,8-14,16H2,1-3H3/t21?,22?,23?,27?,28-/m1/s1. The van der Waals surface area contributed by atoms with Crippen molar-refractivity contribution in [3.05, 3.63) is 56.6 Å². The van der Waals surface area contributed by atoms with Gasteiger partial charge < -0.3 is 14.9 Å². The highest BCUT2D eigenvalue weighted by molar-refractivity contribution is 9.12. The molecule has 4 nitrogen and oxygen atoms in total. The number of hydrogen-bond donors (Lipinski definition) is 1. The summed E-state index contributed by atoms with van der Waals surface area (Å²) in [5.74, 6) is 1.61. The Balaban J connectivity index is 1.69. The molecule has 5 heteroatoms. The van der Waals surface area contributed by atoms with Crippen LogP contribution in [0.5, 0.6) is 0 Å². The SMILES string of the molecule is COC[C@]1(OC)CCC2C3CCC4=C(Br)C(=O)CCC4=C3C(c3ccc(C=N)cc3)CC21C. The summed E-state index contributed by atoms with van der Waals surface area (Å²) in [6, 6.07) is 8.54. The lowest BCUT2D eigenvalue weighted by Gasteiger charge is -2.55. The predicted molar refractivity (Wildman–Crippen MR) is 134 cm³/mol. The minimum absolute atomic E-state index is 0.0142. The van der Waals surface area contributed by atoms with Crippen LogP contribution >= 0.6 is 15.9 Å². The number of fused-ring (bicyclic) bond motifs is 4. The Morgan fingerprint density at radius 1 is 1.12 bits per heavy atom. The van der Waals surface area contributed by atoms with Crippen LogP contribution in [0.25, 0.3) is 0 Å². The molecule has 176 valence electrons. The number of methoxy groups -OCH3 is 2. The van der Waals surface area contributed by atoms with Crippen LogP contribution in [0, 0.1) is 22.7 Å². The molecular weight excluding hydrogens is 478 g/mol. The maximum absolute atomic E-state index is 12.5. The van der Waals surface area contributed by atoms with Crippen LogP contribution in [-0.4, -0.2) is 38.4 Å². The summed E-state index contributed by atoms with van der Waals surface area (Å²) < 4.78 is 12.9. The molecule has 5 rings (SSSR count). The molecule has 0 spiro atoms. The van der Waals surface area contributed by atoms with Gasteiger partial charge in [-0.25, -0.2) is 0 Å². The number of rotatable bonds is 5. The van der Waals surface area contributed by atoms with Crippen LogP contribution in [-0.2, 0) is 14.3 Å². The molecule has 1 aromatic carbocycles. The first-order valence-electron chi connectivity index (χ1n) is 12.2. The number of benzene rings is 1. The van der Waals surface area contributed by atoms with Crippen molar-refractivity contribution in [1.82, 2.24) is 0 Å². The van der Waals surface area contributed by atoms with Gasteiger partial charge in [-0.2, -0.15) is 0 Å². The van der Waals surface area contributed by atoms with Crippen molar-refractivity contribution in [2.45, 2.75) is 63.4 Å². The molecule has 0 amide bonds. The molecule has 0 aromatic heterocycles. The fraction of sp³-hybridized carbons (Fsp3) is 0.571. The molecule has 0 saturated heterocycles. The number of allylic oxidation sites excluding steroid dienone is 4. The van der Waals surface area contributed by atoms with Crippen molar-refractivity contribution in [2.24, 2.45) is 17.3 Å². The smallest absolute Gasteiger partial charge is 0.170 e. The van der Waals surface area contributed by atoms with Crippen LogP contribution in [0.15, 0.2) is 45.5 Å². The fourth-order valence-electron chi connectivity index (χ4n) is 7.78. The predicted octanol–water partition coefficient (Wildman–Crippen LogP) is 6.34. The summed E-state index contributed by atoms with van der Waals surface area (Å²) in [6.45, 7) is 3.07. The average Bonchev–Trinajstić information content (AvgIpc) is 3.13. The van der Waals surface area contributed by atoms with E-state index in [1.54, 1.807) is 12.7 Å². The van der Waals surface area contributed by atoms with Crippen molar-refractivity contribution in [3.8, 4) is 0 Å². The second kappa shape index (κ2) is 8.58. The zero-order valence-electron chi connectivity index (χ0n) is 19.9. The highest BCUT2D eigenvalue weighted by Crippen LogP contribution is 2.67. The molecule has 0 radical (unpaired) electrons. The Morgan fingerprint density at radius 3 is 2.55 bits per heavy atom. The van der Waals surface area contributed by atoms with Gasteiger partial charge in [0.25, 0.3) is 0 Å². The summed E-state index contributed by atoms with van der Waals surface area (Å²) in [5, 5.41) is 7.61. The Hall–Kier alpha value is -1.56. The second-order valence-electron chi connectivity index (χ2n) is 10.6. The van der Waals surface area contributed by atoms with E-state index < -0.39 is 0 Å². The largest absolute Gasteiger partial charge is 0.382 e. The van der Waals surface area contributed by atoms with Crippen molar-refractivity contribution in [1.29, 1.82) is 5.41 Å². The lowest BCUT2D eigenvalue weighted by Crippen LogP contribution is -2.54. The number of nitrogens with one attached hydrogen (secondary N) is 1. The van der Waals surface area contributed by atoms with Gasteiger partial charge in [0, 0.05) is 38.2 Å². The summed E-state index contributed by atoms with van der Waals surface area (Å²) in [6.07, 6.45) is 8.15. The van der Waals surface area contributed by atoms with Crippen LogP contribution in [0.2, 0.25) is 0 Å². The van der Waals surface area contributed by atoms with E-state index in [4.69, 9.17) is 14.9 Å². The maximum atomic E-state index is 12.5. The molecule has 2 saturated carbocycles. The van der Waals surface area contributed by atoms with Gasteiger partial charge in [0.15, 0.2) is 5.78 Å². The third-order valence-corrected chi connectivity index (χ3v) is 10.3. The van der Waals surface area contributed by atoms with E-state index in [2.05, 4.69) is 47.1 Å². The van der Waals surface area contributed by atoms with Gasteiger partial charge in [-0.05, 0) is 88.6 Å². The normalized spacial score (nSPS) is 35.9. The molecular formula is C28H34BrNO3. The number of halogens is 1. The van der Waals surface area contributed by atoms with Gasteiger partial charge in [0.2, 0.25) is 0 Å². The van der Waals surface area contributed by atoms with E-state index >= 15 is 0 Å². The van der Waals surface area contributed by atoms with Crippen LogP contribution < -0.4 is 0 Å². The van der Waals surface area contributed by atoms with Gasteiger partial charge in [-0.1, -0.05) is 36.8 Å². The highest BCUT2D eigenvalue weighted by atomic mass is 79.9. The van der Waals surface area contributed by atoms with E-state index in [1.807, 2.05) is 7.11 Å². The lowest BCUT2D eigenvalue weighted by molar-refractivity contribution is -0.149. The number of carbonyl (C=O) groups excluding carboxylic acids is 1. The van der Waals surface area contributed by atoms with E-state index in [0.29, 0.717) is 30.8 Å². The van der Waals surface area contributed by atoms with Gasteiger partial charge in [-0.3, -0.25) is 4.79 Å². The zero-order chi connectivity index (χ0) is 23.4. The van der Waals surface area contributed by atoms with E-state index in [1.165, 1.54) is 22.9 Å². The van der Waals surface area contributed by atoms with E-state index in [-0.39, 0.29) is 16.8 Å². The van der Waals surface area contributed by atoms with Crippen molar-refractivity contribution in [3.63, 3.8) is 0 Å². The van der Waals surface area contributed by atoms with Crippen molar-refractivity contribution in [2.75, 3.05) is 20.8 Å². The minimum Gasteiger partial charge on any atom is -0.382 e. The Labute approximate surface area is 205 Å². The molecule has 4 aliphatic carbocycles. The Kier molecular flexibility index (Phi) is 6.03. The number of ether oxygens (including phenoxy) is 2. The maximum Gasteiger partial charge on any atom is 0.170 e. The molecule has 1 N–H and O–H groups in total. The van der Waals surface area contributed by atoms with Crippen molar-refractivity contribution >= 4 is 27.9 Å². The molecule has 4 unspecified atom stereocenters. The number of ketones is 1. The van der Waals surface area contributed by atoms with Gasteiger partial charge >= 0.3 is 0 Å². The van der Waals surface area contributed by atoms with Crippen LogP contribution in [0.1, 0.15) is 68.9 Å². The van der Waals surface area contributed by atoms with Gasteiger partial charge in [0.05, 0.1) is 16.7 Å².